The standard InChI is InChI=1S/C9H7I2NO3/c10-6-2-1-5(3-7(6)11)9(15)12-4-8(13)14/h1-3H,4H2,(H,12,15)(H,13,14). The number of rotatable bonds is 3. The van der Waals surface area contributed by atoms with E-state index in [1.807, 2.05) is 6.07 Å². The fourth-order valence-electron chi connectivity index (χ4n) is 0.895. The lowest BCUT2D eigenvalue weighted by molar-refractivity contribution is -0.135. The van der Waals surface area contributed by atoms with Crippen LogP contribution in [0.25, 0.3) is 0 Å². The van der Waals surface area contributed by atoms with Crippen molar-refractivity contribution >= 4 is 57.1 Å². The number of carboxylic acid groups (broad SMARTS) is 1. The van der Waals surface area contributed by atoms with Gasteiger partial charge in [-0.3, -0.25) is 9.59 Å². The predicted octanol–water partition coefficient (Wildman–Crippen LogP) is 1.71. The van der Waals surface area contributed by atoms with Crippen LogP contribution < -0.4 is 5.32 Å². The molecule has 0 atom stereocenters. The van der Waals surface area contributed by atoms with E-state index in [4.69, 9.17) is 5.11 Å². The van der Waals surface area contributed by atoms with E-state index >= 15 is 0 Å². The summed E-state index contributed by atoms with van der Waals surface area (Å²) >= 11 is 4.28. The van der Waals surface area contributed by atoms with Crippen molar-refractivity contribution in [2.24, 2.45) is 0 Å². The summed E-state index contributed by atoms with van der Waals surface area (Å²) < 4.78 is 2.03. The first-order valence-electron chi connectivity index (χ1n) is 3.95. The smallest absolute Gasteiger partial charge is 0.322 e. The van der Waals surface area contributed by atoms with Crippen molar-refractivity contribution in [3.63, 3.8) is 0 Å². The molecule has 0 radical (unpaired) electrons. The summed E-state index contributed by atoms with van der Waals surface area (Å²) in [5, 5.41) is 10.7. The normalized spacial score (nSPS) is 9.73. The fraction of sp³-hybridized carbons (Fsp3) is 0.111. The second-order valence-corrected chi connectivity index (χ2v) is 5.03. The topological polar surface area (TPSA) is 66.4 Å². The minimum Gasteiger partial charge on any atom is -0.480 e. The predicted molar refractivity (Wildman–Crippen MR) is 71.8 cm³/mol. The van der Waals surface area contributed by atoms with Gasteiger partial charge in [-0.05, 0) is 63.4 Å². The van der Waals surface area contributed by atoms with E-state index in [9.17, 15) is 9.59 Å². The fourth-order valence-corrected chi connectivity index (χ4v) is 1.75. The lowest BCUT2D eigenvalue weighted by atomic mass is 10.2. The van der Waals surface area contributed by atoms with Crippen LogP contribution >= 0.6 is 45.2 Å². The van der Waals surface area contributed by atoms with Crippen LogP contribution in [0.1, 0.15) is 10.4 Å². The highest BCUT2D eigenvalue weighted by Crippen LogP contribution is 2.16. The zero-order chi connectivity index (χ0) is 11.4. The molecular weight excluding hydrogens is 424 g/mol. The van der Waals surface area contributed by atoms with Crippen LogP contribution in [0.2, 0.25) is 0 Å². The summed E-state index contributed by atoms with van der Waals surface area (Å²) in [5.41, 5.74) is 0.473. The van der Waals surface area contributed by atoms with E-state index in [1.54, 1.807) is 12.1 Å². The number of carbonyl (C=O) groups is 2. The van der Waals surface area contributed by atoms with Gasteiger partial charge in [-0.25, -0.2) is 0 Å². The molecule has 80 valence electrons. The van der Waals surface area contributed by atoms with Gasteiger partial charge >= 0.3 is 5.97 Å². The van der Waals surface area contributed by atoms with E-state index in [0.717, 1.165) is 7.14 Å². The van der Waals surface area contributed by atoms with Crippen molar-refractivity contribution in [2.45, 2.75) is 0 Å². The van der Waals surface area contributed by atoms with Gasteiger partial charge in [0.1, 0.15) is 6.54 Å². The Morgan fingerprint density at radius 2 is 1.93 bits per heavy atom. The summed E-state index contributed by atoms with van der Waals surface area (Å²) in [7, 11) is 0. The third-order valence-electron chi connectivity index (χ3n) is 1.58. The minimum absolute atomic E-state index is 0.360. The molecule has 0 bridgehead atoms. The summed E-state index contributed by atoms with van der Waals surface area (Å²) in [5.74, 6) is -1.42. The molecule has 0 spiro atoms. The lowest BCUT2D eigenvalue weighted by Crippen LogP contribution is -2.29. The molecule has 0 heterocycles. The van der Waals surface area contributed by atoms with Gasteiger partial charge in [-0.2, -0.15) is 0 Å². The van der Waals surface area contributed by atoms with E-state index in [0.29, 0.717) is 5.56 Å². The average Bonchev–Trinajstić information content (AvgIpc) is 2.18. The summed E-state index contributed by atoms with van der Waals surface area (Å²) in [6.45, 7) is -0.360. The minimum atomic E-state index is -1.05. The molecule has 0 fully saturated rings. The molecule has 1 aromatic rings. The molecule has 4 nitrogen and oxygen atoms in total. The Labute approximate surface area is 114 Å². The molecule has 0 aliphatic heterocycles. The van der Waals surface area contributed by atoms with Gasteiger partial charge < -0.3 is 10.4 Å². The highest BCUT2D eigenvalue weighted by molar-refractivity contribution is 14.1. The Morgan fingerprint density at radius 1 is 1.27 bits per heavy atom. The Morgan fingerprint density at radius 3 is 2.47 bits per heavy atom. The maximum Gasteiger partial charge on any atom is 0.322 e. The van der Waals surface area contributed by atoms with Crippen molar-refractivity contribution < 1.29 is 14.7 Å². The van der Waals surface area contributed by atoms with Gasteiger partial charge in [0.05, 0.1) is 0 Å². The first-order valence-corrected chi connectivity index (χ1v) is 6.11. The van der Waals surface area contributed by atoms with Gasteiger partial charge in [-0.1, -0.05) is 0 Å². The molecule has 1 rings (SSSR count). The first-order chi connectivity index (χ1) is 7.00. The summed E-state index contributed by atoms with van der Waals surface area (Å²) in [4.78, 5) is 21.7. The maximum absolute atomic E-state index is 11.4. The molecule has 0 unspecified atom stereocenters. The molecule has 6 heteroatoms. The molecule has 2 N–H and O–H groups in total. The molecule has 0 saturated heterocycles. The van der Waals surface area contributed by atoms with E-state index in [2.05, 4.69) is 50.5 Å². The van der Waals surface area contributed by atoms with Crippen LogP contribution in [0.5, 0.6) is 0 Å². The molecule has 0 aliphatic rings. The number of hydrogen-bond acceptors (Lipinski definition) is 2. The number of nitrogens with one attached hydrogen (secondary N) is 1. The number of carbonyl (C=O) groups excluding carboxylic acids is 1. The number of hydrogen-bond donors (Lipinski definition) is 2. The van der Waals surface area contributed by atoms with Crippen molar-refractivity contribution in [2.75, 3.05) is 6.54 Å². The Balaban J connectivity index is 2.74. The molecular formula is C9H7I2NO3. The van der Waals surface area contributed by atoms with Crippen LogP contribution in [0.15, 0.2) is 18.2 Å². The van der Waals surface area contributed by atoms with E-state index in [1.165, 1.54) is 0 Å². The highest BCUT2D eigenvalue weighted by atomic mass is 127. The van der Waals surface area contributed by atoms with Gasteiger partial charge in [-0.15, -0.1) is 0 Å². The van der Waals surface area contributed by atoms with Gasteiger partial charge in [0, 0.05) is 12.7 Å². The van der Waals surface area contributed by atoms with Gasteiger partial charge in [0.25, 0.3) is 5.91 Å². The van der Waals surface area contributed by atoms with E-state index < -0.39 is 5.97 Å². The summed E-state index contributed by atoms with van der Waals surface area (Å²) in [6, 6.07) is 5.21. The number of carboxylic acids is 1. The van der Waals surface area contributed by atoms with Gasteiger partial charge in [0.2, 0.25) is 0 Å². The zero-order valence-electron chi connectivity index (χ0n) is 7.46. The molecule has 15 heavy (non-hydrogen) atoms. The van der Waals surface area contributed by atoms with Crippen LogP contribution in [-0.2, 0) is 4.79 Å². The Bertz CT molecular complexity index is 406. The zero-order valence-corrected chi connectivity index (χ0v) is 11.8. The average molecular weight is 431 g/mol. The van der Waals surface area contributed by atoms with Crippen molar-refractivity contribution in [1.29, 1.82) is 0 Å². The lowest BCUT2D eigenvalue weighted by Gasteiger charge is -2.03. The van der Waals surface area contributed by atoms with Crippen LogP contribution in [0.3, 0.4) is 0 Å². The van der Waals surface area contributed by atoms with Gasteiger partial charge in [0.15, 0.2) is 0 Å². The molecule has 0 saturated carbocycles. The first kappa shape index (κ1) is 12.7. The number of halogens is 2. The second kappa shape index (κ2) is 5.64. The van der Waals surface area contributed by atoms with Crippen LogP contribution in [-0.4, -0.2) is 23.5 Å². The highest BCUT2D eigenvalue weighted by Gasteiger charge is 2.08. The SMILES string of the molecule is O=C(O)CNC(=O)c1ccc(I)c(I)c1. The van der Waals surface area contributed by atoms with Crippen molar-refractivity contribution in [1.82, 2.24) is 5.32 Å². The Kier molecular flexibility index (Phi) is 4.77. The van der Waals surface area contributed by atoms with Crippen molar-refractivity contribution in [3.05, 3.63) is 30.9 Å². The third kappa shape index (κ3) is 3.93. The maximum atomic E-state index is 11.4. The second-order valence-electron chi connectivity index (χ2n) is 2.71. The third-order valence-corrected chi connectivity index (χ3v) is 4.45. The number of aliphatic carboxylic acids is 1. The summed E-state index contributed by atoms with van der Waals surface area (Å²) in [6.07, 6.45) is 0. The van der Waals surface area contributed by atoms with Crippen LogP contribution in [0.4, 0.5) is 0 Å². The molecule has 1 aromatic carbocycles. The molecule has 0 aromatic heterocycles. The molecule has 0 aliphatic carbocycles. The Hall–Kier alpha value is -0.380. The number of benzene rings is 1. The number of amides is 1. The molecule has 1 amide bonds. The quantitative estimate of drug-likeness (QED) is 0.717. The van der Waals surface area contributed by atoms with Crippen molar-refractivity contribution in [3.8, 4) is 0 Å². The monoisotopic (exact) mass is 431 g/mol. The van der Waals surface area contributed by atoms with E-state index in [-0.39, 0.29) is 12.5 Å². The van der Waals surface area contributed by atoms with Crippen LogP contribution in [0, 0.1) is 7.14 Å². The largest absolute Gasteiger partial charge is 0.480 e.